The maximum absolute atomic E-state index is 10.3. The lowest BCUT2D eigenvalue weighted by Crippen LogP contribution is -2.38. The van der Waals surface area contributed by atoms with Crippen molar-refractivity contribution in [2.45, 2.75) is 43.8 Å². The number of ether oxygens (including phenoxy) is 1. The van der Waals surface area contributed by atoms with Crippen LogP contribution in [-0.2, 0) is 4.74 Å². The van der Waals surface area contributed by atoms with Crippen LogP contribution in [0.3, 0.4) is 0 Å². The van der Waals surface area contributed by atoms with E-state index in [-0.39, 0.29) is 12.4 Å². The van der Waals surface area contributed by atoms with Crippen LogP contribution in [0.4, 0.5) is 5.82 Å². The summed E-state index contributed by atoms with van der Waals surface area (Å²) in [6.07, 6.45) is 1.97. The average Bonchev–Trinajstić information content (AvgIpc) is 3.15. The number of hydrogen-bond acceptors (Lipinski definition) is 9. The number of nitrogens with two attached hydrogens (primary N) is 1. The quantitative estimate of drug-likeness (QED) is 0.368. The lowest BCUT2D eigenvalue weighted by molar-refractivity contribution is -0.0341. The van der Waals surface area contributed by atoms with E-state index in [1.165, 1.54) is 12.7 Å². The fraction of sp³-hybridized carbons (Fsp3) is 0.667. The van der Waals surface area contributed by atoms with E-state index >= 15 is 0 Å². The van der Waals surface area contributed by atoms with Crippen LogP contribution in [0.1, 0.15) is 25.5 Å². The van der Waals surface area contributed by atoms with Crippen LogP contribution in [0.2, 0.25) is 0 Å². The smallest absolute Gasteiger partial charge is 0.167 e. The summed E-state index contributed by atoms with van der Waals surface area (Å²) < 4.78 is 7.38. The average molecular weight is 352 g/mol. The molecule has 1 aliphatic rings. The molecule has 4 atom stereocenters. The van der Waals surface area contributed by atoms with Gasteiger partial charge in [0, 0.05) is 13.2 Å². The summed E-state index contributed by atoms with van der Waals surface area (Å²) in [5.41, 5.74) is 6.64. The van der Waals surface area contributed by atoms with E-state index in [2.05, 4.69) is 20.3 Å². The fourth-order valence-electron chi connectivity index (χ4n) is 2.97. The van der Waals surface area contributed by atoms with Gasteiger partial charge in [0.2, 0.25) is 0 Å². The monoisotopic (exact) mass is 352 g/mol. The number of aliphatic hydroxyl groups is 3. The molecule has 25 heavy (non-hydrogen) atoms. The molecule has 1 saturated heterocycles. The van der Waals surface area contributed by atoms with Crippen LogP contribution in [-0.4, -0.2) is 72.8 Å². The summed E-state index contributed by atoms with van der Waals surface area (Å²) in [4.78, 5) is 12.2. The maximum Gasteiger partial charge on any atom is 0.167 e. The highest BCUT2D eigenvalue weighted by Gasteiger charge is 2.44. The van der Waals surface area contributed by atoms with Crippen LogP contribution in [0.5, 0.6) is 0 Å². The molecule has 10 heteroatoms. The summed E-state index contributed by atoms with van der Waals surface area (Å²) in [7, 11) is 0. The Morgan fingerprint density at radius 2 is 2.00 bits per heavy atom. The molecule has 3 heterocycles. The summed E-state index contributed by atoms with van der Waals surface area (Å²) in [6.45, 7) is 1.37. The molecule has 0 unspecified atom stereocenters. The van der Waals surface area contributed by atoms with Gasteiger partial charge >= 0.3 is 0 Å². The van der Waals surface area contributed by atoms with Gasteiger partial charge < -0.3 is 31.1 Å². The van der Waals surface area contributed by atoms with Crippen LogP contribution in [0.25, 0.3) is 11.2 Å². The summed E-state index contributed by atoms with van der Waals surface area (Å²) in [6, 6.07) is 0. The molecule has 10 nitrogen and oxygen atoms in total. The normalized spacial score (nSPS) is 26.5. The molecule has 0 aliphatic carbocycles. The number of fused-ring (bicyclic) bond motifs is 1. The van der Waals surface area contributed by atoms with E-state index in [9.17, 15) is 10.2 Å². The Bertz CT molecular complexity index is 696. The van der Waals surface area contributed by atoms with E-state index in [0.29, 0.717) is 17.7 Å². The van der Waals surface area contributed by atoms with Crippen LogP contribution < -0.4 is 11.1 Å². The molecule has 0 spiro atoms. The number of nitrogens with one attached hydrogen (secondary N) is 1. The second kappa shape index (κ2) is 8.02. The van der Waals surface area contributed by atoms with Crippen molar-refractivity contribution in [3.8, 4) is 0 Å². The van der Waals surface area contributed by atoms with Crippen molar-refractivity contribution in [2.24, 2.45) is 0 Å². The number of imidazole rings is 1. The van der Waals surface area contributed by atoms with Gasteiger partial charge in [-0.05, 0) is 25.8 Å². The second-order valence-corrected chi connectivity index (χ2v) is 6.12. The Labute approximate surface area is 144 Å². The fourth-order valence-corrected chi connectivity index (χ4v) is 2.97. The summed E-state index contributed by atoms with van der Waals surface area (Å²) in [5, 5.41) is 32.5. The zero-order valence-electron chi connectivity index (χ0n) is 13.8. The summed E-state index contributed by atoms with van der Waals surface area (Å²) >= 11 is 0. The number of rotatable bonds is 8. The molecule has 1 fully saturated rings. The highest BCUT2D eigenvalue weighted by atomic mass is 16.6. The maximum atomic E-state index is 10.3. The van der Waals surface area contributed by atoms with E-state index in [4.69, 9.17) is 15.6 Å². The highest BCUT2D eigenvalue weighted by Crippen LogP contribution is 2.31. The molecular formula is C15H24N6O4. The van der Waals surface area contributed by atoms with E-state index < -0.39 is 24.5 Å². The Hall–Kier alpha value is -1.85. The minimum absolute atomic E-state index is 0.200. The van der Waals surface area contributed by atoms with Gasteiger partial charge in [0.15, 0.2) is 17.7 Å². The van der Waals surface area contributed by atoms with Gasteiger partial charge in [-0.25, -0.2) is 15.0 Å². The molecule has 0 bridgehead atoms. The minimum Gasteiger partial charge on any atom is -0.396 e. The van der Waals surface area contributed by atoms with Crippen molar-refractivity contribution >= 4 is 17.0 Å². The number of hydrogen-bond donors (Lipinski definition) is 5. The lowest BCUT2D eigenvalue weighted by Gasteiger charge is -2.16. The SMILES string of the molecule is Nc1ncnc2c1ncn2[C@@H]1O[C@H](CNCCCCCO)[C@@H](O)[C@H]1O. The van der Waals surface area contributed by atoms with Crippen molar-refractivity contribution in [1.82, 2.24) is 24.8 Å². The number of aromatic nitrogens is 4. The van der Waals surface area contributed by atoms with Crippen molar-refractivity contribution in [1.29, 1.82) is 0 Å². The third-order valence-electron chi connectivity index (χ3n) is 4.36. The van der Waals surface area contributed by atoms with Gasteiger partial charge in [-0.15, -0.1) is 0 Å². The Morgan fingerprint density at radius 1 is 1.16 bits per heavy atom. The first-order valence-electron chi connectivity index (χ1n) is 8.39. The first-order chi connectivity index (χ1) is 12.1. The van der Waals surface area contributed by atoms with Gasteiger partial charge in [0.1, 0.15) is 30.2 Å². The third kappa shape index (κ3) is 3.72. The number of anilines is 1. The van der Waals surface area contributed by atoms with Gasteiger partial charge in [-0.3, -0.25) is 4.57 Å². The molecule has 0 amide bonds. The molecule has 0 aromatic carbocycles. The molecule has 1 aliphatic heterocycles. The molecule has 3 rings (SSSR count). The number of nitrogen functional groups attached to an aromatic ring is 1. The second-order valence-electron chi connectivity index (χ2n) is 6.12. The predicted octanol–water partition coefficient (Wildman–Crippen LogP) is -1.22. The molecule has 0 radical (unpaired) electrons. The van der Waals surface area contributed by atoms with Crippen LogP contribution >= 0.6 is 0 Å². The Kier molecular flexibility index (Phi) is 5.76. The highest BCUT2D eigenvalue weighted by molar-refractivity contribution is 5.81. The largest absolute Gasteiger partial charge is 0.396 e. The van der Waals surface area contributed by atoms with Crippen molar-refractivity contribution in [2.75, 3.05) is 25.4 Å². The topological polar surface area (TPSA) is 152 Å². The van der Waals surface area contributed by atoms with Gasteiger partial charge in [-0.1, -0.05) is 0 Å². The molecule has 2 aromatic rings. The molecule has 138 valence electrons. The Morgan fingerprint density at radius 3 is 2.80 bits per heavy atom. The number of unbranched alkanes of at least 4 members (excludes halogenated alkanes) is 2. The van der Waals surface area contributed by atoms with Crippen molar-refractivity contribution < 1.29 is 20.1 Å². The zero-order chi connectivity index (χ0) is 17.8. The van der Waals surface area contributed by atoms with Crippen molar-refractivity contribution in [3.63, 3.8) is 0 Å². The standard InChI is InChI=1S/C15H24N6O4/c16-13-10-14(19-7-18-13)21(8-20-10)15-12(24)11(23)9(25-15)6-17-4-2-1-3-5-22/h7-9,11-12,15,17,22-24H,1-6H2,(H2,16,18,19)/t9-,11-,12-,15-/m1/s1. The van der Waals surface area contributed by atoms with E-state index in [1.807, 2.05) is 0 Å². The van der Waals surface area contributed by atoms with E-state index in [1.54, 1.807) is 4.57 Å². The van der Waals surface area contributed by atoms with Crippen LogP contribution in [0, 0.1) is 0 Å². The number of nitrogens with zero attached hydrogens (tertiary/aromatic N) is 4. The van der Waals surface area contributed by atoms with E-state index in [0.717, 1.165) is 25.8 Å². The van der Waals surface area contributed by atoms with Gasteiger partial charge in [-0.2, -0.15) is 0 Å². The molecule has 2 aromatic heterocycles. The Balaban J connectivity index is 1.62. The first-order valence-corrected chi connectivity index (χ1v) is 8.39. The first kappa shape index (κ1) is 18.0. The molecule has 0 saturated carbocycles. The van der Waals surface area contributed by atoms with Gasteiger partial charge in [0.25, 0.3) is 0 Å². The predicted molar refractivity (Wildman–Crippen MR) is 89.5 cm³/mol. The third-order valence-corrected chi connectivity index (χ3v) is 4.36. The van der Waals surface area contributed by atoms with Gasteiger partial charge in [0.05, 0.1) is 6.33 Å². The minimum atomic E-state index is -1.10. The molecular weight excluding hydrogens is 328 g/mol. The van der Waals surface area contributed by atoms with Crippen LogP contribution in [0.15, 0.2) is 12.7 Å². The molecule has 6 N–H and O–H groups in total. The lowest BCUT2D eigenvalue weighted by atomic mass is 10.1. The summed E-state index contributed by atoms with van der Waals surface area (Å²) in [5.74, 6) is 0.248. The van der Waals surface area contributed by atoms with Crippen molar-refractivity contribution in [3.05, 3.63) is 12.7 Å². The number of aliphatic hydroxyl groups excluding tert-OH is 3. The zero-order valence-corrected chi connectivity index (χ0v) is 13.8.